The molecule has 0 radical (unpaired) electrons. The average Bonchev–Trinajstić information content (AvgIpc) is 2.75. The van der Waals surface area contributed by atoms with Crippen molar-refractivity contribution >= 4 is 28.0 Å². The van der Waals surface area contributed by atoms with Gasteiger partial charge in [-0.25, -0.2) is 27.1 Å². The Morgan fingerprint density at radius 3 is 2.44 bits per heavy atom. The minimum absolute atomic E-state index is 0.00245. The smallest absolute Gasteiger partial charge is 0.305 e. The fourth-order valence-corrected chi connectivity index (χ4v) is 4.36. The Morgan fingerprint density at radius 2 is 1.89 bits per heavy atom. The van der Waals surface area contributed by atoms with Gasteiger partial charge in [0, 0.05) is 24.6 Å². The molecule has 196 valence electrons. The van der Waals surface area contributed by atoms with Crippen LogP contribution < -0.4 is 4.31 Å². The maximum Gasteiger partial charge on any atom is 0.305 e. The largest absolute Gasteiger partial charge is 0.481 e. The van der Waals surface area contributed by atoms with Crippen LogP contribution in [0.4, 0.5) is 10.3 Å². The van der Waals surface area contributed by atoms with Crippen molar-refractivity contribution in [3.8, 4) is 11.3 Å². The number of halogens is 1. The summed E-state index contributed by atoms with van der Waals surface area (Å²) in [5, 5.41) is 9.21. The van der Waals surface area contributed by atoms with Gasteiger partial charge in [0.2, 0.25) is 16.0 Å². The average molecular weight is 522 g/mol. The van der Waals surface area contributed by atoms with Gasteiger partial charge in [0.15, 0.2) is 5.79 Å². The van der Waals surface area contributed by atoms with Crippen molar-refractivity contribution in [3.63, 3.8) is 0 Å². The van der Waals surface area contributed by atoms with E-state index in [9.17, 15) is 22.7 Å². The van der Waals surface area contributed by atoms with Crippen LogP contribution in [0.1, 0.15) is 57.7 Å². The van der Waals surface area contributed by atoms with Crippen LogP contribution in [0.25, 0.3) is 17.3 Å². The number of sulfonamides is 1. The number of aliphatic carboxylic acids is 1. The molecule has 1 aromatic heterocycles. The van der Waals surface area contributed by atoms with E-state index in [1.54, 1.807) is 38.1 Å². The molecule has 1 fully saturated rings. The summed E-state index contributed by atoms with van der Waals surface area (Å²) >= 11 is 0. The number of anilines is 1. The second-order valence-corrected chi connectivity index (χ2v) is 11.6. The second-order valence-electron chi connectivity index (χ2n) is 9.55. The number of rotatable bonds is 8. The SMILES string of the molecule is CC(C)c1nc(N(C)S(C)(=O)=O)nc(-c2ccc(F)cc2)c1/C=C/[C@@H]1C[C@H](CC(=O)O)OC(C)(C)O1. The Balaban J connectivity index is 2.13. The van der Waals surface area contributed by atoms with E-state index in [2.05, 4.69) is 9.97 Å². The van der Waals surface area contributed by atoms with E-state index in [0.29, 0.717) is 28.9 Å². The normalized spacial score (nSPS) is 20.1. The van der Waals surface area contributed by atoms with Crippen LogP contribution in [0.3, 0.4) is 0 Å². The van der Waals surface area contributed by atoms with Crippen molar-refractivity contribution in [1.82, 2.24) is 9.97 Å². The third-order valence-corrected chi connectivity index (χ3v) is 6.83. The minimum Gasteiger partial charge on any atom is -0.481 e. The first-order chi connectivity index (χ1) is 16.7. The molecule has 36 heavy (non-hydrogen) atoms. The van der Waals surface area contributed by atoms with E-state index in [4.69, 9.17) is 9.47 Å². The van der Waals surface area contributed by atoms with Gasteiger partial charge >= 0.3 is 5.97 Å². The van der Waals surface area contributed by atoms with Crippen LogP contribution in [0, 0.1) is 5.82 Å². The third-order valence-electron chi connectivity index (χ3n) is 5.67. The molecule has 1 aromatic carbocycles. The topological polar surface area (TPSA) is 119 Å². The van der Waals surface area contributed by atoms with Crippen molar-refractivity contribution in [3.05, 3.63) is 47.4 Å². The van der Waals surface area contributed by atoms with Gasteiger partial charge in [-0.2, -0.15) is 0 Å². The summed E-state index contributed by atoms with van der Waals surface area (Å²) in [6, 6.07) is 5.75. The lowest BCUT2D eigenvalue weighted by molar-refractivity contribution is -0.290. The van der Waals surface area contributed by atoms with Crippen LogP contribution in [-0.4, -0.2) is 60.8 Å². The highest BCUT2D eigenvalue weighted by molar-refractivity contribution is 7.92. The molecule has 9 nitrogen and oxygen atoms in total. The van der Waals surface area contributed by atoms with E-state index in [1.807, 2.05) is 13.8 Å². The third kappa shape index (κ3) is 6.86. The van der Waals surface area contributed by atoms with Crippen LogP contribution in [0.15, 0.2) is 30.3 Å². The first-order valence-electron chi connectivity index (χ1n) is 11.5. The number of aromatic nitrogens is 2. The number of hydrogen-bond acceptors (Lipinski definition) is 7. The van der Waals surface area contributed by atoms with Crippen LogP contribution in [0.5, 0.6) is 0 Å². The number of nitrogens with zero attached hydrogens (tertiary/aromatic N) is 3. The molecule has 0 saturated carbocycles. The Kier molecular flexibility index (Phi) is 8.17. The molecular weight excluding hydrogens is 489 g/mol. The molecule has 11 heteroatoms. The minimum atomic E-state index is -3.63. The number of hydrogen-bond donors (Lipinski definition) is 1. The lowest BCUT2D eigenvalue weighted by Gasteiger charge is -2.39. The molecule has 0 amide bonds. The molecule has 1 aliphatic rings. The fourth-order valence-electron chi connectivity index (χ4n) is 3.99. The summed E-state index contributed by atoms with van der Waals surface area (Å²) in [6.07, 6.45) is 3.88. The molecule has 1 N–H and O–H groups in total. The second kappa shape index (κ2) is 10.6. The van der Waals surface area contributed by atoms with E-state index < -0.39 is 39.8 Å². The summed E-state index contributed by atoms with van der Waals surface area (Å²) in [5.74, 6) is -2.45. The van der Waals surface area contributed by atoms with Gasteiger partial charge in [-0.3, -0.25) is 4.79 Å². The lowest BCUT2D eigenvalue weighted by atomic mass is 9.97. The van der Waals surface area contributed by atoms with Crippen molar-refractivity contribution in [2.45, 2.75) is 64.4 Å². The van der Waals surface area contributed by atoms with E-state index in [1.165, 1.54) is 19.2 Å². The van der Waals surface area contributed by atoms with E-state index in [0.717, 1.165) is 10.6 Å². The molecule has 3 rings (SSSR count). The lowest BCUT2D eigenvalue weighted by Crippen LogP contribution is -2.44. The number of carboxylic acids is 1. The summed E-state index contributed by atoms with van der Waals surface area (Å²) in [4.78, 5) is 20.3. The van der Waals surface area contributed by atoms with Crippen molar-refractivity contribution in [1.29, 1.82) is 0 Å². The number of benzene rings is 1. The van der Waals surface area contributed by atoms with Crippen LogP contribution in [-0.2, 0) is 24.3 Å². The molecule has 1 aliphatic heterocycles. The molecule has 2 heterocycles. The highest BCUT2D eigenvalue weighted by Crippen LogP contribution is 2.33. The summed E-state index contributed by atoms with van der Waals surface area (Å²) < 4.78 is 50.8. The molecule has 0 spiro atoms. The fraction of sp³-hybridized carbons (Fsp3) is 0.480. The zero-order valence-corrected chi connectivity index (χ0v) is 22.0. The highest BCUT2D eigenvalue weighted by Gasteiger charge is 2.35. The molecular formula is C25H32FN3O6S. The molecule has 1 saturated heterocycles. The van der Waals surface area contributed by atoms with Gasteiger partial charge in [0.05, 0.1) is 36.3 Å². The van der Waals surface area contributed by atoms with Crippen molar-refractivity contribution in [2.24, 2.45) is 0 Å². The summed E-state index contributed by atoms with van der Waals surface area (Å²) in [6.45, 7) is 7.30. The Hall–Kier alpha value is -2.89. The molecule has 0 aliphatic carbocycles. The Labute approximate surface area is 211 Å². The number of carbonyl (C=O) groups is 1. The van der Waals surface area contributed by atoms with Gasteiger partial charge < -0.3 is 14.6 Å². The van der Waals surface area contributed by atoms with Gasteiger partial charge in [-0.15, -0.1) is 0 Å². The van der Waals surface area contributed by atoms with Crippen molar-refractivity contribution < 1.29 is 32.2 Å². The summed E-state index contributed by atoms with van der Waals surface area (Å²) in [7, 11) is -2.25. The quantitative estimate of drug-likeness (QED) is 0.549. The Bertz CT molecular complexity index is 1250. The van der Waals surface area contributed by atoms with Crippen molar-refractivity contribution in [2.75, 3.05) is 17.6 Å². The standard InChI is InChI=1S/C25H32FN3O6S/c1-15(2)22-20(12-11-18-13-19(14-21(30)31)35-25(3,4)34-18)23(16-7-9-17(26)10-8-16)28-24(27-22)29(5)36(6,32)33/h7-12,15,18-19H,13-14H2,1-6H3,(H,30,31)/b12-11+/t18-,19-/m1/s1. The van der Waals surface area contributed by atoms with Crippen LogP contribution in [0.2, 0.25) is 0 Å². The predicted octanol–water partition coefficient (Wildman–Crippen LogP) is 4.20. The maximum absolute atomic E-state index is 13.7. The number of ether oxygens (including phenoxy) is 2. The van der Waals surface area contributed by atoms with E-state index >= 15 is 0 Å². The summed E-state index contributed by atoms with van der Waals surface area (Å²) in [5.41, 5.74) is 2.24. The van der Waals surface area contributed by atoms with Gasteiger partial charge in [0.1, 0.15) is 5.82 Å². The molecule has 0 bridgehead atoms. The first kappa shape index (κ1) is 27.7. The van der Waals surface area contributed by atoms with Gasteiger partial charge in [-0.1, -0.05) is 26.0 Å². The monoisotopic (exact) mass is 521 g/mol. The molecule has 0 unspecified atom stereocenters. The highest BCUT2D eigenvalue weighted by atomic mass is 32.2. The maximum atomic E-state index is 13.7. The zero-order chi connectivity index (χ0) is 26.8. The zero-order valence-electron chi connectivity index (χ0n) is 21.2. The molecule has 2 aromatic rings. The van der Waals surface area contributed by atoms with E-state index in [-0.39, 0.29) is 18.3 Å². The number of carboxylic acid groups (broad SMARTS) is 1. The first-order valence-corrected chi connectivity index (χ1v) is 13.4. The predicted molar refractivity (Wildman–Crippen MR) is 134 cm³/mol. The van der Waals surface area contributed by atoms with Gasteiger partial charge in [-0.05, 0) is 44.0 Å². The Morgan fingerprint density at radius 1 is 1.25 bits per heavy atom. The van der Waals surface area contributed by atoms with Crippen LogP contribution >= 0.6 is 0 Å². The molecule has 2 atom stereocenters. The van der Waals surface area contributed by atoms with Gasteiger partial charge in [0.25, 0.3) is 0 Å².